The van der Waals surface area contributed by atoms with Crippen LogP contribution in [0.3, 0.4) is 0 Å². The van der Waals surface area contributed by atoms with Gasteiger partial charge in [0.25, 0.3) is 5.60 Å². The van der Waals surface area contributed by atoms with Crippen LogP contribution in [0.4, 0.5) is 35.1 Å². The minimum atomic E-state index is -5.89. The van der Waals surface area contributed by atoms with Crippen LogP contribution >= 0.6 is 0 Å². The lowest BCUT2D eigenvalue weighted by molar-refractivity contribution is -0.397. The first-order valence-electron chi connectivity index (χ1n) is 11.8. The van der Waals surface area contributed by atoms with Gasteiger partial charge in [0.1, 0.15) is 24.9 Å². The summed E-state index contributed by atoms with van der Waals surface area (Å²) in [5, 5.41) is -4.54. The standard InChI is InChI=1S/C26H22F8O7S2/c1-38-17-41-23(25(29,30)31,26(32,33)34)15-39-18-7-11-21(12-8-18)42(20-5-3-2-4-6-20)22-13-9-19(10-14-22)40-16-24(27,28)43(35,36)37/h2-14H,15-17H2,1H3/p+1. The van der Waals surface area contributed by atoms with E-state index in [-0.39, 0.29) is 11.5 Å². The molecule has 0 spiro atoms. The fourth-order valence-corrected chi connectivity index (χ4v) is 5.69. The zero-order chi connectivity index (χ0) is 32.1. The molecule has 3 rings (SSSR count). The maximum atomic E-state index is 13.6. The minimum absolute atomic E-state index is 0.138. The van der Waals surface area contributed by atoms with E-state index in [4.69, 9.17) is 14.0 Å². The largest absolute Gasteiger partial charge is 0.490 e. The van der Waals surface area contributed by atoms with Crippen molar-refractivity contribution in [2.75, 3.05) is 27.1 Å². The van der Waals surface area contributed by atoms with E-state index in [0.717, 1.165) is 12.0 Å². The highest BCUT2D eigenvalue weighted by Crippen LogP contribution is 2.46. The Labute approximate surface area is 243 Å². The predicted molar refractivity (Wildman–Crippen MR) is 137 cm³/mol. The van der Waals surface area contributed by atoms with E-state index in [1.54, 1.807) is 30.3 Å². The maximum Gasteiger partial charge on any atom is 0.430 e. The fourth-order valence-electron chi connectivity index (χ4n) is 3.42. The topological polar surface area (TPSA) is 91.3 Å². The van der Waals surface area contributed by atoms with Crippen molar-refractivity contribution in [3.63, 3.8) is 0 Å². The van der Waals surface area contributed by atoms with Crippen molar-refractivity contribution in [3.8, 4) is 11.5 Å². The van der Waals surface area contributed by atoms with E-state index in [2.05, 4.69) is 9.47 Å². The molecule has 0 heterocycles. The zero-order valence-electron chi connectivity index (χ0n) is 21.9. The highest BCUT2D eigenvalue weighted by atomic mass is 32.2. The number of halogens is 8. The van der Waals surface area contributed by atoms with Crippen LogP contribution in [0, 0.1) is 0 Å². The van der Waals surface area contributed by atoms with Crippen LogP contribution in [0.15, 0.2) is 93.5 Å². The molecule has 0 saturated heterocycles. The SMILES string of the molecule is COCOC(COc1ccc([S+](c2ccccc2)c2ccc(OCC(F)(F)S(=O)(=O)O)cc2)cc1)(C(F)(F)F)C(F)(F)F. The maximum absolute atomic E-state index is 13.6. The Hall–Kier alpha value is -3.12. The fraction of sp³-hybridized carbons (Fsp3) is 0.308. The van der Waals surface area contributed by atoms with Crippen LogP contribution < -0.4 is 9.47 Å². The number of ether oxygens (including phenoxy) is 4. The smallest absolute Gasteiger partial charge is 0.430 e. The molecule has 1 N–H and O–H groups in total. The van der Waals surface area contributed by atoms with Gasteiger partial charge in [-0.25, -0.2) is 0 Å². The first-order valence-corrected chi connectivity index (χ1v) is 14.4. The second-order valence-electron chi connectivity index (χ2n) is 8.63. The monoisotopic (exact) mass is 663 g/mol. The van der Waals surface area contributed by atoms with Gasteiger partial charge in [-0.15, -0.1) is 0 Å². The molecule has 1 atom stereocenters. The summed E-state index contributed by atoms with van der Waals surface area (Å²) in [7, 11) is -5.74. The highest BCUT2D eigenvalue weighted by molar-refractivity contribution is 7.97. The Bertz CT molecular complexity index is 1420. The molecule has 3 aromatic rings. The summed E-state index contributed by atoms with van der Waals surface area (Å²) >= 11 is 0. The van der Waals surface area contributed by atoms with E-state index in [0.29, 0.717) is 9.79 Å². The molecule has 7 nitrogen and oxygen atoms in total. The average molecular weight is 664 g/mol. The third-order valence-corrected chi connectivity index (χ3v) is 8.77. The van der Waals surface area contributed by atoms with Gasteiger partial charge in [0.2, 0.25) is 0 Å². The van der Waals surface area contributed by atoms with E-state index in [1.165, 1.54) is 48.5 Å². The van der Waals surface area contributed by atoms with Crippen molar-refractivity contribution < 1.29 is 67.0 Å². The molecule has 17 heteroatoms. The van der Waals surface area contributed by atoms with Crippen molar-refractivity contribution in [1.82, 2.24) is 0 Å². The second-order valence-corrected chi connectivity index (χ2v) is 12.2. The average Bonchev–Trinajstić information content (AvgIpc) is 2.92. The van der Waals surface area contributed by atoms with Gasteiger partial charge < -0.3 is 18.9 Å². The Morgan fingerprint density at radius 2 is 1.09 bits per heavy atom. The number of benzene rings is 3. The second kappa shape index (κ2) is 13.3. The summed E-state index contributed by atoms with van der Waals surface area (Å²) in [6.45, 7) is -4.88. The molecule has 0 radical (unpaired) electrons. The van der Waals surface area contributed by atoms with Gasteiger partial charge in [-0.1, -0.05) is 18.2 Å². The van der Waals surface area contributed by atoms with Gasteiger partial charge in [-0.05, 0) is 60.7 Å². The quantitative estimate of drug-likeness (QED) is 0.0966. The van der Waals surface area contributed by atoms with Crippen LogP contribution in [0.25, 0.3) is 0 Å². The van der Waals surface area contributed by atoms with Crippen molar-refractivity contribution >= 4 is 21.0 Å². The van der Waals surface area contributed by atoms with Gasteiger partial charge in [0.15, 0.2) is 21.3 Å². The van der Waals surface area contributed by atoms with E-state index in [1.807, 2.05) is 0 Å². The van der Waals surface area contributed by atoms with Crippen LogP contribution in [-0.2, 0) is 30.5 Å². The number of hydrogen-bond acceptors (Lipinski definition) is 6. The summed E-state index contributed by atoms with van der Waals surface area (Å²) < 4.78 is 157. The lowest BCUT2D eigenvalue weighted by Gasteiger charge is -2.36. The van der Waals surface area contributed by atoms with Crippen molar-refractivity contribution in [3.05, 3.63) is 78.9 Å². The van der Waals surface area contributed by atoms with E-state index < -0.39 is 64.2 Å². The zero-order valence-corrected chi connectivity index (χ0v) is 23.5. The summed E-state index contributed by atoms with van der Waals surface area (Å²) in [6, 6.07) is 19.5. The molecule has 0 aliphatic heterocycles. The van der Waals surface area contributed by atoms with Gasteiger partial charge in [0.05, 0.1) is 10.9 Å². The van der Waals surface area contributed by atoms with Gasteiger partial charge >= 0.3 is 27.7 Å². The molecule has 43 heavy (non-hydrogen) atoms. The molecule has 0 aliphatic carbocycles. The minimum Gasteiger partial charge on any atom is -0.490 e. The van der Waals surface area contributed by atoms with Crippen LogP contribution in [0.5, 0.6) is 11.5 Å². The summed E-state index contributed by atoms with van der Waals surface area (Å²) in [5.41, 5.74) is -4.65. The summed E-state index contributed by atoms with van der Waals surface area (Å²) in [6.07, 6.45) is -11.8. The molecule has 0 aliphatic rings. The van der Waals surface area contributed by atoms with Crippen molar-refractivity contribution in [1.29, 1.82) is 0 Å². The molecule has 236 valence electrons. The Morgan fingerprint density at radius 1 is 0.674 bits per heavy atom. The van der Waals surface area contributed by atoms with Crippen LogP contribution in [-0.4, -0.2) is 63.3 Å². The highest BCUT2D eigenvalue weighted by Gasteiger charge is 2.73. The lowest BCUT2D eigenvalue weighted by atomic mass is 10.0. The number of hydrogen-bond donors (Lipinski definition) is 1. The Morgan fingerprint density at radius 3 is 1.49 bits per heavy atom. The first kappa shape index (κ1) is 34.4. The summed E-state index contributed by atoms with van der Waals surface area (Å²) in [5.74, 6) is -0.455. The number of rotatable bonds is 13. The van der Waals surface area contributed by atoms with Crippen LogP contribution in [0.2, 0.25) is 0 Å². The number of methoxy groups -OCH3 is 1. The van der Waals surface area contributed by atoms with E-state index in [9.17, 15) is 43.5 Å². The molecule has 3 aromatic carbocycles. The predicted octanol–water partition coefficient (Wildman–Crippen LogP) is 6.50. The Kier molecular flexibility index (Phi) is 10.6. The molecule has 0 bridgehead atoms. The molecule has 1 unspecified atom stereocenters. The Balaban J connectivity index is 1.87. The molecular weight excluding hydrogens is 640 g/mol. The molecule has 0 amide bonds. The number of alkyl halides is 8. The molecular formula is C26H23F8O7S2+. The third kappa shape index (κ3) is 8.08. The van der Waals surface area contributed by atoms with Crippen molar-refractivity contribution in [2.45, 2.75) is 37.9 Å². The first-order chi connectivity index (χ1) is 19.9. The van der Waals surface area contributed by atoms with Gasteiger partial charge in [-0.2, -0.15) is 43.5 Å². The summed E-state index contributed by atoms with van der Waals surface area (Å²) in [4.78, 5) is 1.89. The third-order valence-electron chi connectivity index (χ3n) is 5.66. The molecule has 0 fully saturated rings. The van der Waals surface area contributed by atoms with Gasteiger partial charge in [0, 0.05) is 7.11 Å². The van der Waals surface area contributed by atoms with Crippen molar-refractivity contribution in [2.24, 2.45) is 0 Å². The molecule has 0 aromatic heterocycles. The van der Waals surface area contributed by atoms with Crippen LogP contribution in [0.1, 0.15) is 0 Å². The lowest BCUT2D eigenvalue weighted by Crippen LogP contribution is -2.62. The normalized spacial score (nSPS) is 13.9. The van der Waals surface area contributed by atoms with E-state index >= 15 is 0 Å². The van der Waals surface area contributed by atoms with Gasteiger partial charge in [-0.3, -0.25) is 4.55 Å². The molecule has 0 saturated carbocycles.